The number of aromatic nitrogens is 3. The van der Waals surface area contributed by atoms with Crippen LogP contribution in [0.25, 0.3) is 0 Å². The Hall–Kier alpha value is -3.17. The van der Waals surface area contributed by atoms with Crippen molar-refractivity contribution >= 4 is 0 Å². The molecule has 1 aromatic carbocycles. The van der Waals surface area contributed by atoms with Gasteiger partial charge in [-0.15, -0.1) is 0 Å². The second-order valence-corrected chi connectivity index (χ2v) is 4.75. The van der Waals surface area contributed by atoms with Gasteiger partial charge in [0, 0.05) is 0 Å². The number of nitrogens with zero attached hydrogens (tertiary/aromatic N) is 3. The molecule has 0 spiro atoms. The molecule has 6 nitrogen and oxygen atoms in total. The fourth-order valence-electron chi connectivity index (χ4n) is 1.82. The van der Waals surface area contributed by atoms with Crippen molar-refractivity contribution < 1.29 is 31.6 Å². The third-order valence-corrected chi connectivity index (χ3v) is 2.93. The Morgan fingerprint density at radius 2 is 1.52 bits per heavy atom. The van der Waals surface area contributed by atoms with Crippen LogP contribution in [-0.2, 0) is 6.61 Å². The molecule has 3 rings (SSSR count). The van der Waals surface area contributed by atoms with E-state index >= 15 is 0 Å². The number of halogens is 4. The molecule has 0 aliphatic rings. The molecule has 0 atom stereocenters. The lowest BCUT2D eigenvalue weighted by Gasteiger charge is -2.09. The number of aryl methyl sites for hydroxylation is 1. The average molecular weight is 355 g/mol. The minimum absolute atomic E-state index is 0.0189. The maximum atomic E-state index is 13.5. The highest BCUT2D eigenvalue weighted by Gasteiger charge is 2.22. The third-order valence-electron chi connectivity index (χ3n) is 2.93. The fraction of sp³-hybridized carbons (Fsp3) is 0.133. The molecule has 3 aromatic rings. The maximum Gasteiger partial charge on any atom is 0.264 e. The van der Waals surface area contributed by atoms with E-state index in [2.05, 4.69) is 15.1 Å². The Morgan fingerprint density at radius 3 is 2.08 bits per heavy atom. The molecule has 0 aliphatic heterocycles. The van der Waals surface area contributed by atoms with Gasteiger partial charge in [0.15, 0.2) is 12.4 Å². The first-order valence-electron chi connectivity index (χ1n) is 6.84. The second-order valence-electron chi connectivity index (χ2n) is 4.75. The Kier molecular flexibility index (Phi) is 4.50. The lowest BCUT2D eigenvalue weighted by molar-refractivity contribution is 0.242. The number of rotatable bonds is 5. The maximum absolute atomic E-state index is 13.5. The molecule has 0 amide bonds. The van der Waals surface area contributed by atoms with E-state index in [9.17, 15) is 17.6 Å². The van der Waals surface area contributed by atoms with Gasteiger partial charge < -0.3 is 14.0 Å². The first kappa shape index (κ1) is 16.7. The molecule has 0 N–H and O–H groups in total. The molecule has 130 valence electrons. The second kappa shape index (κ2) is 6.75. The number of hydrogen-bond donors (Lipinski definition) is 0. The minimum Gasteiger partial charge on any atom is -0.484 e. The first-order valence-corrected chi connectivity index (χ1v) is 6.84. The Balaban J connectivity index is 1.71. The Morgan fingerprint density at radius 1 is 0.920 bits per heavy atom. The SMILES string of the molecule is Cc1noc(COc2ccc(Oc3c(F)c(F)nc(F)c3F)cc2)n1. The molecule has 0 saturated carbocycles. The molecule has 2 aromatic heterocycles. The van der Waals surface area contributed by atoms with Crippen molar-refractivity contribution in [2.24, 2.45) is 0 Å². The summed E-state index contributed by atoms with van der Waals surface area (Å²) in [6.45, 7) is 1.67. The van der Waals surface area contributed by atoms with E-state index < -0.39 is 29.3 Å². The third kappa shape index (κ3) is 3.67. The molecule has 0 saturated heterocycles. The molecule has 0 radical (unpaired) electrons. The van der Waals surface area contributed by atoms with E-state index in [4.69, 9.17) is 14.0 Å². The monoisotopic (exact) mass is 355 g/mol. The van der Waals surface area contributed by atoms with Gasteiger partial charge in [0.1, 0.15) is 11.5 Å². The molecular weight excluding hydrogens is 346 g/mol. The molecule has 0 unspecified atom stereocenters. The number of benzene rings is 1. The molecule has 2 heterocycles. The normalized spacial score (nSPS) is 10.8. The lowest BCUT2D eigenvalue weighted by atomic mass is 10.3. The molecule has 10 heteroatoms. The van der Waals surface area contributed by atoms with Crippen LogP contribution in [0.4, 0.5) is 17.6 Å². The zero-order chi connectivity index (χ0) is 18.0. The standard InChI is InChI=1S/C15H9F4N3O3/c1-7-20-10(25-22-7)6-23-8-2-4-9(5-3-8)24-13-11(16)14(18)21-15(19)12(13)17/h2-5H,6H2,1H3. The highest BCUT2D eigenvalue weighted by molar-refractivity contribution is 5.36. The Bertz CT molecular complexity index is 874. The molecule has 25 heavy (non-hydrogen) atoms. The van der Waals surface area contributed by atoms with Crippen molar-refractivity contribution in [2.75, 3.05) is 0 Å². The zero-order valence-corrected chi connectivity index (χ0v) is 12.6. The summed E-state index contributed by atoms with van der Waals surface area (Å²) < 4.78 is 68.2. The fourth-order valence-corrected chi connectivity index (χ4v) is 1.82. The van der Waals surface area contributed by atoms with E-state index in [1.54, 1.807) is 6.92 Å². The van der Waals surface area contributed by atoms with Gasteiger partial charge in [-0.1, -0.05) is 5.16 Å². The van der Waals surface area contributed by atoms with Crippen molar-refractivity contribution in [3.63, 3.8) is 0 Å². The average Bonchev–Trinajstić information content (AvgIpc) is 3.01. The summed E-state index contributed by atoms with van der Waals surface area (Å²) in [5.74, 6) is -7.25. The summed E-state index contributed by atoms with van der Waals surface area (Å²) in [6, 6.07) is 5.43. The summed E-state index contributed by atoms with van der Waals surface area (Å²) in [7, 11) is 0. The van der Waals surface area contributed by atoms with E-state index in [-0.39, 0.29) is 18.2 Å². The summed E-state index contributed by atoms with van der Waals surface area (Å²) in [4.78, 5) is 6.39. The van der Waals surface area contributed by atoms with Crippen molar-refractivity contribution in [1.82, 2.24) is 15.1 Å². The van der Waals surface area contributed by atoms with E-state index in [0.29, 0.717) is 11.6 Å². The minimum atomic E-state index is -1.80. The van der Waals surface area contributed by atoms with Crippen molar-refractivity contribution in [3.8, 4) is 17.2 Å². The quantitative estimate of drug-likeness (QED) is 0.513. The summed E-state index contributed by atoms with van der Waals surface area (Å²) >= 11 is 0. The van der Waals surface area contributed by atoms with Crippen LogP contribution in [0.5, 0.6) is 17.2 Å². The predicted octanol–water partition coefficient (Wildman–Crippen LogP) is 3.70. The van der Waals surface area contributed by atoms with Gasteiger partial charge >= 0.3 is 0 Å². The van der Waals surface area contributed by atoms with Crippen molar-refractivity contribution in [3.05, 3.63) is 59.5 Å². The van der Waals surface area contributed by atoms with Crippen LogP contribution in [0.2, 0.25) is 0 Å². The topological polar surface area (TPSA) is 70.3 Å². The van der Waals surface area contributed by atoms with Gasteiger partial charge in [-0.3, -0.25) is 0 Å². The van der Waals surface area contributed by atoms with Crippen LogP contribution < -0.4 is 9.47 Å². The molecule has 0 bridgehead atoms. The first-order chi connectivity index (χ1) is 11.9. The molecule has 0 aliphatic carbocycles. The van der Waals surface area contributed by atoms with Crippen LogP contribution in [-0.4, -0.2) is 15.1 Å². The zero-order valence-electron chi connectivity index (χ0n) is 12.6. The van der Waals surface area contributed by atoms with E-state index in [1.807, 2.05) is 0 Å². The van der Waals surface area contributed by atoms with Crippen molar-refractivity contribution in [2.45, 2.75) is 13.5 Å². The number of ether oxygens (including phenoxy) is 2. The Labute approximate surface area is 138 Å². The number of hydrogen-bond acceptors (Lipinski definition) is 6. The smallest absolute Gasteiger partial charge is 0.264 e. The van der Waals surface area contributed by atoms with Crippen LogP contribution in [0.3, 0.4) is 0 Å². The van der Waals surface area contributed by atoms with Gasteiger partial charge in [0.25, 0.3) is 17.8 Å². The number of pyridine rings is 1. The van der Waals surface area contributed by atoms with Crippen LogP contribution in [0.1, 0.15) is 11.7 Å². The highest BCUT2D eigenvalue weighted by Crippen LogP contribution is 2.30. The summed E-state index contributed by atoms with van der Waals surface area (Å²) in [5.41, 5.74) is 0. The lowest BCUT2D eigenvalue weighted by Crippen LogP contribution is -2.03. The van der Waals surface area contributed by atoms with Crippen LogP contribution >= 0.6 is 0 Å². The van der Waals surface area contributed by atoms with Gasteiger partial charge in [-0.25, -0.2) is 0 Å². The van der Waals surface area contributed by atoms with Gasteiger partial charge in [0.2, 0.25) is 17.4 Å². The van der Waals surface area contributed by atoms with Gasteiger partial charge in [-0.2, -0.15) is 27.5 Å². The molecule has 0 fully saturated rings. The van der Waals surface area contributed by atoms with E-state index in [1.165, 1.54) is 24.3 Å². The predicted molar refractivity (Wildman–Crippen MR) is 74.0 cm³/mol. The molecular formula is C15H9F4N3O3. The van der Waals surface area contributed by atoms with Crippen LogP contribution in [0.15, 0.2) is 28.8 Å². The van der Waals surface area contributed by atoms with Crippen molar-refractivity contribution in [1.29, 1.82) is 0 Å². The van der Waals surface area contributed by atoms with E-state index in [0.717, 1.165) is 0 Å². The van der Waals surface area contributed by atoms with Gasteiger partial charge in [0.05, 0.1) is 0 Å². The summed E-state index contributed by atoms with van der Waals surface area (Å²) in [6.07, 6.45) is 0. The highest BCUT2D eigenvalue weighted by atomic mass is 19.2. The van der Waals surface area contributed by atoms with Crippen LogP contribution in [0, 0.1) is 30.5 Å². The van der Waals surface area contributed by atoms with Gasteiger partial charge in [-0.05, 0) is 31.2 Å². The summed E-state index contributed by atoms with van der Waals surface area (Å²) in [5, 5.41) is 3.60. The largest absolute Gasteiger partial charge is 0.484 e.